The quantitative estimate of drug-likeness (QED) is 0.545. The zero-order chi connectivity index (χ0) is 16.7. The van der Waals surface area contributed by atoms with Gasteiger partial charge in [-0.25, -0.2) is 0 Å². The Morgan fingerprint density at radius 3 is 2.39 bits per heavy atom. The molecule has 0 aromatic heterocycles. The summed E-state index contributed by atoms with van der Waals surface area (Å²) in [7, 11) is 0. The number of hydrogen-bond acceptors (Lipinski definition) is 2. The molecule has 2 rings (SSSR count). The predicted molar refractivity (Wildman–Crippen MR) is 101 cm³/mol. The lowest BCUT2D eigenvalue weighted by atomic mass is 10.1. The third-order valence-electron chi connectivity index (χ3n) is 3.34. The standard InChI is InChI=1S/C18H19IN2O2/c1-2-3-12-20-18(23)15-6-4-5-7-16(15)21-17(22)13-8-10-14(19)11-9-13/h4-11H,2-3,12H2,1H3,(H,20,23)(H,21,22). The second-order valence-electron chi connectivity index (χ2n) is 5.12. The maximum Gasteiger partial charge on any atom is 0.255 e. The summed E-state index contributed by atoms with van der Waals surface area (Å²) >= 11 is 2.19. The van der Waals surface area contributed by atoms with E-state index < -0.39 is 0 Å². The first-order chi connectivity index (χ1) is 11.1. The van der Waals surface area contributed by atoms with Crippen molar-refractivity contribution >= 4 is 40.1 Å². The molecule has 0 heterocycles. The van der Waals surface area contributed by atoms with Crippen LogP contribution in [-0.4, -0.2) is 18.4 Å². The first kappa shape index (κ1) is 17.5. The van der Waals surface area contributed by atoms with Gasteiger partial charge in [-0.05, 0) is 65.4 Å². The van der Waals surface area contributed by atoms with Crippen LogP contribution < -0.4 is 10.6 Å². The Morgan fingerprint density at radius 1 is 1.00 bits per heavy atom. The number of carbonyl (C=O) groups is 2. The van der Waals surface area contributed by atoms with Crippen LogP contribution in [0.2, 0.25) is 0 Å². The summed E-state index contributed by atoms with van der Waals surface area (Å²) in [5, 5.41) is 5.68. The van der Waals surface area contributed by atoms with Crippen LogP contribution in [0.3, 0.4) is 0 Å². The third kappa shape index (κ3) is 5.06. The molecule has 5 heteroatoms. The highest BCUT2D eigenvalue weighted by Crippen LogP contribution is 2.17. The SMILES string of the molecule is CCCCNC(=O)c1ccccc1NC(=O)c1ccc(I)cc1. The van der Waals surface area contributed by atoms with Crippen molar-refractivity contribution in [3.63, 3.8) is 0 Å². The Kier molecular flexibility index (Phi) is 6.58. The molecule has 0 saturated carbocycles. The highest BCUT2D eigenvalue weighted by Gasteiger charge is 2.13. The van der Waals surface area contributed by atoms with E-state index in [-0.39, 0.29) is 11.8 Å². The van der Waals surface area contributed by atoms with Crippen molar-refractivity contribution in [3.05, 3.63) is 63.2 Å². The molecule has 0 bridgehead atoms. The molecule has 0 spiro atoms. The van der Waals surface area contributed by atoms with Gasteiger partial charge in [0.25, 0.3) is 11.8 Å². The summed E-state index contributed by atoms with van der Waals surface area (Å²) in [4.78, 5) is 24.6. The number of carbonyl (C=O) groups excluding carboxylic acids is 2. The van der Waals surface area contributed by atoms with Crippen molar-refractivity contribution in [3.8, 4) is 0 Å². The molecule has 0 fully saturated rings. The van der Waals surface area contributed by atoms with Gasteiger partial charge in [-0.15, -0.1) is 0 Å². The topological polar surface area (TPSA) is 58.2 Å². The highest BCUT2D eigenvalue weighted by molar-refractivity contribution is 14.1. The normalized spacial score (nSPS) is 10.2. The van der Waals surface area contributed by atoms with Crippen molar-refractivity contribution in [1.82, 2.24) is 5.32 Å². The second-order valence-corrected chi connectivity index (χ2v) is 6.36. The van der Waals surface area contributed by atoms with Gasteiger partial charge in [-0.3, -0.25) is 9.59 Å². The summed E-state index contributed by atoms with van der Waals surface area (Å²) in [6.07, 6.45) is 1.95. The van der Waals surface area contributed by atoms with Crippen molar-refractivity contribution in [1.29, 1.82) is 0 Å². The summed E-state index contributed by atoms with van der Waals surface area (Å²) < 4.78 is 1.06. The zero-order valence-electron chi connectivity index (χ0n) is 12.9. The molecule has 2 aromatic carbocycles. The predicted octanol–water partition coefficient (Wildman–Crippen LogP) is 4.07. The lowest BCUT2D eigenvalue weighted by Gasteiger charge is -2.11. The van der Waals surface area contributed by atoms with Gasteiger partial charge in [0.15, 0.2) is 0 Å². The van der Waals surface area contributed by atoms with Gasteiger partial charge < -0.3 is 10.6 Å². The number of nitrogens with one attached hydrogen (secondary N) is 2. The average Bonchev–Trinajstić information content (AvgIpc) is 2.56. The number of halogens is 1. The summed E-state index contributed by atoms with van der Waals surface area (Å²) in [6, 6.07) is 14.3. The lowest BCUT2D eigenvalue weighted by Crippen LogP contribution is -2.26. The van der Waals surface area contributed by atoms with E-state index in [0.717, 1.165) is 16.4 Å². The first-order valence-corrected chi connectivity index (χ1v) is 8.64. The third-order valence-corrected chi connectivity index (χ3v) is 4.06. The number of hydrogen-bond donors (Lipinski definition) is 2. The van der Waals surface area contributed by atoms with Crippen molar-refractivity contribution in [2.75, 3.05) is 11.9 Å². The van der Waals surface area contributed by atoms with E-state index in [0.29, 0.717) is 23.4 Å². The fourth-order valence-corrected chi connectivity index (χ4v) is 2.42. The van der Waals surface area contributed by atoms with E-state index in [2.05, 4.69) is 40.1 Å². The largest absolute Gasteiger partial charge is 0.352 e. The van der Waals surface area contributed by atoms with Gasteiger partial charge in [0, 0.05) is 15.7 Å². The van der Waals surface area contributed by atoms with Crippen LogP contribution in [0.4, 0.5) is 5.69 Å². The van der Waals surface area contributed by atoms with Gasteiger partial charge in [-0.2, -0.15) is 0 Å². The molecule has 120 valence electrons. The molecule has 0 aliphatic carbocycles. The zero-order valence-corrected chi connectivity index (χ0v) is 15.1. The fraction of sp³-hybridized carbons (Fsp3) is 0.222. The Balaban J connectivity index is 2.12. The number of benzene rings is 2. The first-order valence-electron chi connectivity index (χ1n) is 7.56. The average molecular weight is 422 g/mol. The molecule has 0 radical (unpaired) electrons. The van der Waals surface area contributed by atoms with E-state index in [1.54, 1.807) is 36.4 Å². The molecule has 2 aromatic rings. The summed E-state index contributed by atoms with van der Waals surface area (Å²) in [5.74, 6) is -0.396. The van der Waals surface area contributed by atoms with Crippen LogP contribution in [0.25, 0.3) is 0 Å². The molecule has 4 nitrogen and oxygen atoms in total. The van der Waals surface area contributed by atoms with E-state index in [9.17, 15) is 9.59 Å². The second kappa shape index (κ2) is 8.67. The van der Waals surface area contributed by atoms with Gasteiger partial charge in [-0.1, -0.05) is 25.5 Å². The molecular weight excluding hydrogens is 403 g/mol. The molecule has 0 saturated heterocycles. The van der Waals surface area contributed by atoms with E-state index in [4.69, 9.17) is 0 Å². The van der Waals surface area contributed by atoms with Gasteiger partial charge >= 0.3 is 0 Å². The van der Waals surface area contributed by atoms with Gasteiger partial charge in [0.2, 0.25) is 0 Å². The molecule has 23 heavy (non-hydrogen) atoms. The summed E-state index contributed by atoms with van der Waals surface area (Å²) in [5.41, 5.74) is 1.55. The number of rotatable bonds is 6. The summed E-state index contributed by atoms with van der Waals surface area (Å²) in [6.45, 7) is 2.70. The molecule has 0 atom stereocenters. The van der Waals surface area contributed by atoms with E-state index in [1.165, 1.54) is 0 Å². The monoisotopic (exact) mass is 422 g/mol. The van der Waals surface area contributed by atoms with Crippen molar-refractivity contribution < 1.29 is 9.59 Å². The van der Waals surface area contributed by atoms with Gasteiger partial charge in [0.05, 0.1) is 11.3 Å². The Labute approximate surface area is 149 Å². The molecule has 0 aliphatic rings. The molecule has 0 unspecified atom stereocenters. The number of amides is 2. The maximum absolute atomic E-state index is 12.3. The van der Waals surface area contributed by atoms with E-state index in [1.807, 2.05) is 12.1 Å². The minimum absolute atomic E-state index is 0.169. The highest BCUT2D eigenvalue weighted by atomic mass is 127. The van der Waals surface area contributed by atoms with Crippen LogP contribution in [-0.2, 0) is 0 Å². The van der Waals surface area contributed by atoms with Crippen LogP contribution in [0.1, 0.15) is 40.5 Å². The minimum Gasteiger partial charge on any atom is -0.352 e. The number of anilines is 1. The van der Waals surface area contributed by atoms with Crippen LogP contribution >= 0.6 is 22.6 Å². The van der Waals surface area contributed by atoms with Crippen LogP contribution in [0, 0.1) is 3.57 Å². The molecule has 0 aliphatic heterocycles. The fourth-order valence-electron chi connectivity index (χ4n) is 2.06. The smallest absolute Gasteiger partial charge is 0.255 e. The van der Waals surface area contributed by atoms with Crippen molar-refractivity contribution in [2.24, 2.45) is 0 Å². The van der Waals surface area contributed by atoms with E-state index >= 15 is 0 Å². The maximum atomic E-state index is 12.3. The number of unbranched alkanes of at least 4 members (excludes halogenated alkanes) is 1. The molecule has 2 amide bonds. The van der Waals surface area contributed by atoms with Crippen molar-refractivity contribution in [2.45, 2.75) is 19.8 Å². The number of para-hydroxylation sites is 1. The lowest BCUT2D eigenvalue weighted by molar-refractivity contribution is 0.0954. The minimum atomic E-state index is -0.227. The molecular formula is C18H19IN2O2. The Morgan fingerprint density at radius 2 is 1.70 bits per heavy atom. The Hall–Kier alpha value is -1.89. The molecule has 2 N–H and O–H groups in total. The van der Waals surface area contributed by atoms with Gasteiger partial charge in [0.1, 0.15) is 0 Å². The van der Waals surface area contributed by atoms with Crippen LogP contribution in [0.5, 0.6) is 0 Å². The van der Waals surface area contributed by atoms with Crippen LogP contribution in [0.15, 0.2) is 48.5 Å². The Bertz CT molecular complexity index is 684.